The molecule has 17 heteroatoms. The number of halogens is 7. The van der Waals surface area contributed by atoms with Crippen LogP contribution in [0.3, 0.4) is 0 Å². The second kappa shape index (κ2) is 12.4. The van der Waals surface area contributed by atoms with Crippen molar-refractivity contribution in [3.63, 3.8) is 0 Å². The van der Waals surface area contributed by atoms with Crippen LogP contribution in [0, 0.1) is 52.8 Å². The minimum Gasteiger partial charge on any atom is -0.504 e. The maximum absolute atomic E-state index is 15.2. The molecule has 4 aliphatic rings. The van der Waals surface area contributed by atoms with Crippen molar-refractivity contribution in [2.45, 2.75) is 22.6 Å². The van der Waals surface area contributed by atoms with Crippen LogP contribution >= 0.6 is 23.2 Å². The number of carbonyl (C=O) groups is 5. The van der Waals surface area contributed by atoms with E-state index in [4.69, 9.17) is 27.9 Å². The fourth-order valence-corrected chi connectivity index (χ4v) is 8.74. The summed E-state index contributed by atoms with van der Waals surface area (Å²) in [5.74, 6) is -23.8. The Bertz CT molecular complexity index is 2240. The van der Waals surface area contributed by atoms with Gasteiger partial charge in [-0.1, -0.05) is 35.9 Å². The highest BCUT2D eigenvalue weighted by molar-refractivity contribution is 6.58. The summed E-state index contributed by atoms with van der Waals surface area (Å²) in [7, 11) is 1.28. The quantitative estimate of drug-likeness (QED) is 0.0764. The van der Waals surface area contributed by atoms with E-state index in [-0.39, 0.29) is 39.6 Å². The minimum absolute atomic E-state index is 0.0346. The van der Waals surface area contributed by atoms with Crippen LogP contribution in [0.4, 0.5) is 33.3 Å². The molecular weight excluding hydrogens is 754 g/mol. The van der Waals surface area contributed by atoms with Gasteiger partial charge < -0.3 is 14.9 Å². The van der Waals surface area contributed by atoms with E-state index in [2.05, 4.69) is 0 Å². The van der Waals surface area contributed by atoms with Crippen molar-refractivity contribution in [2.24, 2.45) is 23.7 Å². The van der Waals surface area contributed by atoms with E-state index in [0.717, 1.165) is 11.0 Å². The molecule has 2 aliphatic carbocycles. The van der Waals surface area contributed by atoms with Crippen molar-refractivity contribution in [1.29, 1.82) is 0 Å². The lowest BCUT2D eigenvalue weighted by molar-refractivity contribution is -0.125. The number of carboxylic acid groups (broad SMARTS) is 1. The van der Waals surface area contributed by atoms with E-state index in [1.165, 1.54) is 61.7 Å². The number of imide groups is 2. The molecule has 2 aliphatic heterocycles. The molecule has 3 fully saturated rings. The van der Waals surface area contributed by atoms with Crippen molar-refractivity contribution >= 4 is 70.3 Å². The van der Waals surface area contributed by atoms with Gasteiger partial charge in [0.25, 0.3) is 11.8 Å². The van der Waals surface area contributed by atoms with Gasteiger partial charge in [-0.05, 0) is 54.7 Å². The van der Waals surface area contributed by atoms with Gasteiger partial charge in [0.2, 0.25) is 17.6 Å². The number of hydrogen-bond donors (Lipinski definition) is 2. The highest BCUT2D eigenvalue weighted by Gasteiger charge is 2.76. The highest BCUT2D eigenvalue weighted by Crippen LogP contribution is 2.64. The molecule has 3 aromatic rings. The Morgan fingerprint density at radius 3 is 2.19 bits per heavy atom. The molecule has 274 valence electrons. The summed E-state index contributed by atoms with van der Waals surface area (Å²) in [6.07, 6.45) is 3.38. The molecule has 6 unspecified atom stereocenters. The molecule has 2 N–H and O–H groups in total. The molecule has 0 bridgehead atoms. The minimum atomic E-state index is -2.71. The van der Waals surface area contributed by atoms with Gasteiger partial charge in [-0.3, -0.25) is 24.1 Å². The predicted molar refractivity (Wildman–Crippen MR) is 177 cm³/mol. The zero-order valence-corrected chi connectivity index (χ0v) is 28.4. The lowest BCUT2D eigenvalue weighted by atomic mass is 9.57. The number of hydrogen-bond acceptors (Lipinski definition) is 7. The number of allylic oxidation sites excluding steroid dienone is 3. The largest absolute Gasteiger partial charge is 0.504 e. The molecule has 6 atom stereocenters. The van der Waals surface area contributed by atoms with Crippen LogP contribution in [0.1, 0.15) is 28.8 Å². The van der Waals surface area contributed by atoms with E-state index in [1.807, 2.05) is 0 Å². The van der Waals surface area contributed by atoms with Gasteiger partial charge in [0.05, 0.1) is 30.2 Å². The second-order valence-corrected chi connectivity index (χ2v) is 14.1. The third kappa shape index (κ3) is 4.93. The van der Waals surface area contributed by atoms with Gasteiger partial charge in [-0.15, -0.1) is 23.2 Å². The average molecular weight is 777 g/mol. The highest BCUT2D eigenvalue weighted by atomic mass is 35.5. The van der Waals surface area contributed by atoms with Crippen LogP contribution in [0.2, 0.25) is 0 Å². The smallest absolute Gasteiger partial charge is 0.335 e. The molecule has 0 radical (unpaired) electrons. The molecule has 1 saturated carbocycles. The number of phenols is 1. The van der Waals surface area contributed by atoms with Gasteiger partial charge in [-0.2, -0.15) is 0 Å². The summed E-state index contributed by atoms with van der Waals surface area (Å²) in [5.41, 5.74) is -1.63. The standard InChI is InChI=1S/C36H23Cl2F5N2O8/c1-53-22-11-14(6-10-21(22)46)5-9-20-17-7-8-18-23(31(48)44(30(18)47)16-4-2-3-15(12-16)32(49)50)19(17)13-35(37)33(51)45(34(52)36(20,35)38)29-27(42)25(40)24(39)26(41)28(29)43/h2-7,9-12,18-20,23,46H,8,13H2,1H3,(H,49,50). The van der Waals surface area contributed by atoms with Crippen LogP contribution in [0.5, 0.6) is 11.5 Å². The van der Waals surface area contributed by atoms with Crippen molar-refractivity contribution in [3.05, 3.63) is 100 Å². The SMILES string of the molecule is COc1cc(C=CC2C3=CCC4C(=O)N(c5cccc(C(=O)O)c5)C(=O)C4C3CC3(Cl)C(=O)N(c4c(F)c(F)c(F)c(F)c4F)C(=O)C23Cl)ccc1O. The molecule has 3 aromatic carbocycles. The summed E-state index contributed by atoms with van der Waals surface area (Å²) in [4.78, 5) is 63.3. The number of rotatable bonds is 6. The molecule has 2 heterocycles. The van der Waals surface area contributed by atoms with Crippen LogP contribution < -0.4 is 14.5 Å². The lowest BCUT2D eigenvalue weighted by Gasteiger charge is -2.49. The van der Waals surface area contributed by atoms with Gasteiger partial charge >= 0.3 is 5.97 Å². The number of methoxy groups -OCH3 is 1. The first-order valence-electron chi connectivity index (χ1n) is 15.7. The normalized spacial score (nSPS) is 28.0. The Morgan fingerprint density at radius 2 is 1.55 bits per heavy atom. The number of aromatic carboxylic acids is 1. The first-order valence-corrected chi connectivity index (χ1v) is 16.5. The summed E-state index contributed by atoms with van der Waals surface area (Å²) in [6.45, 7) is 0. The molecule has 2 saturated heterocycles. The molecule has 10 nitrogen and oxygen atoms in total. The summed E-state index contributed by atoms with van der Waals surface area (Å²) >= 11 is 14.1. The van der Waals surface area contributed by atoms with Crippen LogP contribution in [0.25, 0.3) is 6.08 Å². The number of nitrogens with zero attached hydrogens (tertiary/aromatic N) is 2. The average Bonchev–Trinajstić information content (AvgIpc) is 3.48. The lowest BCUT2D eigenvalue weighted by Crippen LogP contribution is -2.60. The fraction of sp³-hybridized carbons (Fsp3) is 0.250. The Kier molecular flexibility index (Phi) is 8.45. The van der Waals surface area contributed by atoms with Crippen molar-refractivity contribution in [2.75, 3.05) is 16.9 Å². The Hall–Kier alpha value is -5.28. The zero-order valence-electron chi connectivity index (χ0n) is 26.9. The number of anilines is 2. The van der Waals surface area contributed by atoms with Crippen LogP contribution in [-0.2, 0) is 19.2 Å². The van der Waals surface area contributed by atoms with Gasteiger partial charge in [0.1, 0.15) is 5.69 Å². The Labute approximate surface area is 305 Å². The fourth-order valence-electron chi connectivity index (χ4n) is 7.85. The van der Waals surface area contributed by atoms with Gasteiger partial charge in [-0.25, -0.2) is 31.6 Å². The van der Waals surface area contributed by atoms with Gasteiger partial charge in [0, 0.05) is 5.92 Å². The number of carbonyl (C=O) groups excluding carboxylic acids is 4. The zero-order chi connectivity index (χ0) is 38.5. The van der Waals surface area contributed by atoms with Crippen molar-refractivity contribution in [1.82, 2.24) is 0 Å². The van der Waals surface area contributed by atoms with E-state index in [9.17, 15) is 47.4 Å². The molecule has 0 aromatic heterocycles. The first-order chi connectivity index (χ1) is 25.0. The number of ether oxygens (including phenoxy) is 1. The number of phenolic OH excluding ortho intramolecular Hbond substituents is 1. The number of fused-ring (bicyclic) bond motifs is 4. The molecular formula is C36H23Cl2F5N2O8. The molecule has 4 amide bonds. The Morgan fingerprint density at radius 1 is 0.887 bits per heavy atom. The van der Waals surface area contributed by atoms with Crippen molar-refractivity contribution < 1.29 is 60.9 Å². The number of amides is 4. The van der Waals surface area contributed by atoms with E-state index in [1.54, 1.807) is 0 Å². The molecule has 0 spiro atoms. The van der Waals surface area contributed by atoms with E-state index < -0.39 is 104 Å². The Balaban J connectivity index is 1.39. The van der Waals surface area contributed by atoms with Crippen LogP contribution in [0.15, 0.2) is 60.2 Å². The third-order valence-electron chi connectivity index (χ3n) is 10.3. The number of carboxylic acids is 1. The van der Waals surface area contributed by atoms with Gasteiger partial charge in [0.15, 0.2) is 44.5 Å². The number of benzene rings is 3. The van der Waals surface area contributed by atoms with Crippen LogP contribution in [-0.4, -0.2) is 56.7 Å². The second-order valence-electron chi connectivity index (χ2n) is 12.9. The number of aromatic hydroxyl groups is 1. The maximum Gasteiger partial charge on any atom is 0.335 e. The monoisotopic (exact) mass is 776 g/mol. The maximum atomic E-state index is 15.2. The number of alkyl halides is 2. The van der Waals surface area contributed by atoms with Crippen molar-refractivity contribution in [3.8, 4) is 11.5 Å². The molecule has 7 rings (SSSR count). The van der Waals surface area contributed by atoms with E-state index >= 15 is 8.78 Å². The third-order valence-corrected chi connectivity index (χ3v) is 11.7. The topological polar surface area (TPSA) is 142 Å². The summed E-state index contributed by atoms with van der Waals surface area (Å²) in [6, 6.07) is 9.15. The van der Waals surface area contributed by atoms with E-state index in [0.29, 0.717) is 5.56 Å². The predicted octanol–water partition coefficient (Wildman–Crippen LogP) is 6.11. The summed E-state index contributed by atoms with van der Waals surface area (Å²) in [5, 5.41) is 19.6. The summed E-state index contributed by atoms with van der Waals surface area (Å²) < 4.78 is 78.5. The first kappa shape index (κ1) is 36.1. The molecule has 53 heavy (non-hydrogen) atoms.